The van der Waals surface area contributed by atoms with Crippen LogP contribution in [0.4, 0.5) is 17.1 Å². The van der Waals surface area contributed by atoms with Crippen molar-refractivity contribution in [2.24, 2.45) is 10.2 Å². The molecule has 3 aromatic carbocycles. The molecule has 4 rings (SSSR count). The van der Waals surface area contributed by atoms with E-state index in [0.29, 0.717) is 23.9 Å². The second kappa shape index (κ2) is 10.0. The molecular formula is C26H31N7O3S. The lowest BCUT2D eigenvalue weighted by atomic mass is 10.1. The Morgan fingerprint density at radius 2 is 1.41 bits per heavy atom. The number of rotatable bonds is 7. The molecule has 11 heteroatoms. The molecule has 0 radical (unpaired) electrons. The summed E-state index contributed by atoms with van der Waals surface area (Å²) in [5.74, 6) is 0.329. The summed E-state index contributed by atoms with van der Waals surface area (Å²) in [6, 6.07) is 21.3. The summed E-state index contributed by atoms with van der Waals surface area (Å²) in [6.07, 6.45) is 0. The van der Waals surface area contributed by atoms with E-state index in [1.54, 1.807) is 0 Å². The maximum absolute atomic E-state index is 11.2. The predicted octanol–water partition coefficient (Wildman–Crippen LogP) is 5.34. The van der Waals surface area contributed by atoms with Crippen molar-refractivity contribution < 1.29 is 13.0 Å². The average molecular weight is 522 g/mol. The number of azo groups is 1. The van der Waals surface area contributed by atoms with E-state index in [0.717, 1.165) is 11.3 Å². The van der Waals surface area contributed by atoms with Crippen LogP contribution in [0, 0.1) is 12.3 Å². The van der Waals surface area contributed by atoms with E-state index in [1.165, 1.54) is 29.8 Å². The topological polar surface area (TPSA) is 116 Å². The molecule has 1 heterocycles. The smallest absolute Gasteiger partial charge is 0.282 e. The van der Waals surface area contributed by atoms with Crippen molar-refractivity contribution in [2.45, 2.75) is 37.9 Å². The zero-order valence-electron chi connectivity index (χ0n) is 21.5. The van der Waals surface area contributed by atoms with Crippen LogP contribution < -0.4 is 5.01 Å². The summed E-state index contributed by atoms with van der Waals surface area (Å²) < 4.78 is 31.5. The molecule has 194 valence electrons. The fraction of sp³-hybridized carbons (Fsp3) is 0.269. The third-order valence-corrected chi connectivity index (χ3v) is 7.02. The van der Waals surface area contributed by atoms with E-state index in [-0.39, 0.29) is 4.90 Å². The van der Waals surface area contributed by atoms with Gasteiger partial charge in [-0.3, -0.25) is 15.0 Å². The van der Waals surface area contributed by atoms with Crippen LogP contribution >= 0.6 is 0 Å². The normalized spacial score (nSPS) is 16.4. The molecule has 1 fully saturated rings. The van der Waals surface area contributed by atoms with Crippen molar-refractivity contribution in [3.05, 3.63) is 83.9 Å². The molecule has 0 bridgehead atoms. The van der Waals surface area contributed by atoms with E-state index in [1.807, 2.05) is 53.4 Å². The Hall–Kier alpha value is -3.64. The third kappa shape index (κ3) is 5.54. The molecule has 0 spiro atoms. The predicted molar refractivity (Wildman–Crippen MR) is 143 cm³/mol. The fourth-order valence-corrected chi connectivity index (χ4v) is 4.83. The number of nitrogens with zero attached hydrogens (tertiary/aromatic N) is 6. The van der Waals surface area contributed by atoms with Crippen LogP contribution in [0.3, 0.4) is 0 Å². The minimum Gasteiger partial charge on any atom is -0.282 e. The van der Waals surface area contributed by atoms with Crippen LogP contribution in [-0.4, -0.2) is 53.7 Å². The van der Waals surface area contributed by atoms with Crippen molar-refractivity contribution in [2.75, 3.05) is 19.1 Å². The van der Waals surface area contributed by atoms with Gasteiger partial charge in [0.05, 0.1) is 22.0 Å². The maximum Gasteiger partial charge on any atom is 0.294 e. The van der Waals surface area contributed by atoms with E-state index >= 15 is 0 Å². The van der Waals surface area contributed by atoms with Gasteiger partial charge in [-0.05, 0) is 74.9 Å². The zero-order chi connectivity index (χ0) is 27.0. The Labute approximate surface area is 217 Å². The van der Waals surface area contributed by atoms with Crippen LogP contribution in [0.5, 0.6) is 0 Å². The number of benzene rings is 3. The van der Waals surface area contributed by atoms with E-state index in [9.17, 15) is 8.42 Å². The first-order valence-electron chi connectivity index (χ1n) is 11.7. The van der Waals surface area contributed by atoms with Crippen LogP contribution in [0.2, 0.25) is 0 Å². The lowest BCUT2D eigenvalue weighted by Gasteiger charge is -2.40. The first kappa shape index (κ1) is 26.4. The Balaban J connectivity index is 1.60. The minimum atomic E-state index is -4.25. The number of hydrogen-bond donors (Lipinski definition) is 2. The summed E-state index contributed by atoms with van der Waals surface area (Å²) in [4.78, 5) is -0.200. The number of anilines is 1. The Morgan fingerprint density at radius 3 is 1.89 bits per heavy atom. The van der Waals surface area contributed by atoms with Crippen molar-refractivity contribution >= 4 is 33.1 Å². The minimum absolute atomic E-state index is 0.200. The van der Waals surface area contributed by atoms with Gasteiger partial charge in [-0.25, -0.2) is 10.0 Å². The summed E-state index contributed by atoms with van der Waals surface area (Å²) in [6.45, 7) is 6.85. The summed E-state index contributed by atoms with van der Waals surface area (Å²) in [5, 5.41) is 25.3. The van der Waals surface area contributed by atoms with Gasteiger partial charge in [-0.1, -0.05) is 29.8 Å². The second-order valence-corrected chi connectivity index (χ2v) is 10.9. The quantitative estimate of drug-likeness (QED) is 0.318. The molecule has 0 aliphatic carbocycles. The SMILES string of the molecule is Cc1ccc(CN2N(c3ccc(N=Nc4ccc(S(=O)(=O)O)cc4)cc3)C(=N)N(N(C)C)C2(C)C)cc1. The highest BCUT2D eigenvalue weighted by atomic mass is 32.2. The highest BCUT2D eigenvalue weighted by molar-refractivity contribution is 7.85. The molecule has 2 N–H and O–H groups in total. The Bertz CT molecular complexity index is 1400. The molecule has 10 nitrogen and oxygen atoms in total. The zero-order valence-corrected chi connectivity index (χ0v) is 22.3. The van der Waals surface area contributed by atoms with Gasteiger partial charge in [0.15, 0.2) is 0 Å². The molecule has 1 aliphatic heterocycles. The van der Waals surface area contributed by atoms with Crippen LogP contribution in [-0.2, 0) is 16.7 Å². The number of hydrazine groups is 2. The van der Waals surface area contributed by atoms with E-state index < -0.39 is 15.8 Å². The van der Waals surface area contributed by atoms with Gasteiger partial charge in [-0.2, -0.15) is 23.7 Å². The largest absolute Gasteiger partial charge is 0.294 e. The molecule has 3 aromatic rings. The van der Waals surface area contributed by atoms with Gasteiger partial charge in [0, 0.05) is 20.6 Å². The van der Waals surface area contributed by atoms with E-state index in [4.69, 9.17) is 9.96 Å². The monoisotopic (exact) mass is 521 g/mol. The number of nitrogens with one attached hydrogen (secondary N) is 1. The maximum atomic E-state index is 11.2. The standard InChI is InChI=1S/C26H31N7O3S/c1-19-6-8-20(9-7-19)18-31-26(2,3)33(30(4)5)25(27)32(31)23-14-10-21(11-15-23)28-29-22-12-16-24(17-13-22)37(34,35)36/h6-17,27H,18H2,1-5H3,(H,34,35,36). The van der Waals surface area contributed by atoms with Crippen LogP contribution in [0.25, 0.3) is 0 Å². The van der Waals surface area contributed by atoms with Gasteiger partial charge >= 0.3 is 0 Å². The molecule has 0 unspecified atom stereocenters. The molecule has 0 saturated carbocycles. The fourth-order valence-electron chi connectivity index (χ4n) is 4.35. The highest BCUT2D eigenvalue weighted by Crippen LogP contribution is 2.37. The Morgan fingerprint density at radius 1 is 0.892 bits per heavy atom. The highest BCUT2D eigenvalue weighted by Gasteiger charge is 2.49. The number of aryl methyl sites for hydroxylation is 1. The van der Waals surface area contributed by atoms with Crippen molar-refractivity contribution in [1.29, 1.82) is 5.41 Å². The molecular weight excluding hydrogens is 490 g/mol. The first-order chi connectivity index (χ1) is 17.4. The van der Waals surface area contributed by atoms with Gasteiger partial charge in [0.25, 0.3) is 10.1 Å². The van der Waals surface area contributed by atoms with Crippen molar-refractivity contribution in [3.8, 4) is 0 Å². The van der Waals surface area contributed by atoms with Crippen LogP contribution in [0.15, 0.2) is 87.9 Å². The summed E-state index contributed by atoms with van der Waals surface area (Å²) >= 11 is 0. The number of guanidine groups is 1. The third-order valence-electron chi connectivity index (χ3n) is 6.16. The molecule has 0 atom stereocenters. The average Bonchev–Trinajstić information content (AvgIpc) is 3.03. The van der Waals surface area contributed by atoms with Gasteiger partial charge in [-0.15, -0.1) is 0 Å². The number of hydrogen-bond acceptors (Lipinski definition) is 7. The molecule has 0 amide bonds. The molecule has 1 aliphatic rings. The second-order valence-electron chi connectivity index (χ2n) is 9.52. The lowest BCUT2D eigenvalue weighted by molar-refractivity contribution is -0.0534. The molecule has 0 aromatic heterocycles. The Kier molecular flexibility index (Phi) is 7.16. The van der Waals surface area contributed by atoms with Gasteiger partial charge in [0.1, 0.15) is 5.66 Å². The first-order valence-corrected chi connectivity index (χ1v) is 13.1. The van der Waals surface area contributed by atoms with E-state index in [2.05, 4.69) is 60.3 Å². The van der Waals surface area contributed by atoms with Crippen molar-refractivity contribution in [1.82, 2.24) is 15.0 Å². The molecule has 37 heavy (non-hydrogen) atoms. The summed E-state index contributed by atoms with van der Waals surface area (Å²) in [7, 11) is -0.400. The van der Waals surface area contributed by atoms with Crippen LogP contribution in [0.1, 0.15) is 25.0 Å². The van der Waals surface area contributed by atoms with Gasteiger partial charge in [0.2, 0.25) is 5.96 Å². The lowest BCUT2D eigenvalue weighted by Crippen LogP contribution is -2.54. The molecule has 1 saturated heterocycles. The van der Waals surface area contributed by atoms with Crippen molar-refractivity contribution in [3.63, 3.8) is 0 Å². The summed E-state index contributed by atoms with van der Waals surface area (Å²) in [5.41, 5.74) is 3.70. The van der Waals surface area contributed by atoms with Gasteiger partial charge < -0.3 is 0 Å².